The first-order valence-corrected chi connectivity index (χ1v) is 9.67. The predicted octanol–water partition coefficient (Wildman–Crippen LogP) is 4.99. The van der Waals surface area contributed by atoms with Crippen molar-refractivity contribution in [1.82, 2.24) is 5.32 Å². The highest BCUT2D eigenvalue weighted by molar-refractivity contribution is 6.00. The summed E-state index contributed by atoms with van der Waals surface area (Å²) >= 11 is 0. The Balaban J connectivity index is 1.85. The molecule has 0 aliphatic rings. The summed E-state index contributed by atoms with van der Waals surface area (Å²) in [5.74, 6) is -0.753. The highest BCUT2D eigenvalue weighted by atomic mass is 16.2. The third-order valence-electron chi connectivity index (χ3n) is 4.41. The van der Waals surface area contributed by atoms with Crippen LogP contribution in [0.3, 0.4) is 0 Å². The van der Waals surface area contributed by atoms with Gasteiger partial charge in [0.05, 0.1) is 5.92 Å². The van der Waals surface area contributed by atoms with Crippen molar-refractivity contribution in [3.05, 3.63) is 102 Å². The number of hydrogen-bond acceptors (Lipinski definition) is 2. The molecular formula is C25H26N2O2. The molecule has 2 N–H and O–H groups in total. The number of amides is 2. The van der Waals surface area contributed by atoms with E-state index in [0.717, 1.165) is 11.1 Å². The molecule has 3 aromatic carbocycles. The summed E-state index contributed by atoms with van der Waals surface area (Å²) in [6.07, 6.45) is 0. The quantitative estimate of drug-likeness (QED) is 0.649. The van der Waals surface area contributed by atoms with Crippen molar-refractivity contribution in [2.75, 3.05) is 5.32 Å². The van der Waals surface area contributed by atoms with Gasteiger partial charge in [-0.15, -0.1) is 0 Å². The molecule has 29 heavy (non-hydrogen) atoms. The van der Waals surface area contributed by atoms with Gasteiger partial charge in [0.25, 0.3) is 5.91 Å². The summed E-state index contributed by atoms with van der Waals surface area (Å²) < 4.78 is 0. The molecule has 4 heteroatoms. The van der Waals surface area contributed by atoms with Gasteiger partial charge < -0.3 is 10.6 Å². The maximum atomic E-state index is 13.2. The molecule has 0 unspecified atom stereocenters. The summed E-state index contributed by atoms with van der Waals surface area (Å²) in [5.41, 5.74) is 2.60. The molecule has 0 fully saturated rings. The average molecular weight is 386 g/mol. The lowest BCUT2D eigenvalue weighted by molar-refractivity contribution is -0.116. The Morgan fingerprint density at radius 1 is 0.759 bits per heavy atom. The molecule has 0 aliphatic carbocycles. The summed E-state index contributed by atoms with van der Waals surface area (Å²) in [6, 6.07) is 26.4. The lowest BCUT2D eigenvalue weighted by atomic mass is 9.90. The van der Waals surface area contributed by atoms with Crippen molar-refractivity contribution in [3.8, 4) is 0 Å². The molecule has 0 radical (unpaired) electrons. The molecule has 4 nitrogen and oxygen atoms in total. The van der Waals surface area contributed by atoms with Crippen LogP contribution in [0.5, 0.6) is 0 Å². The molecule has 3 aromatic rings. The van der Waals surface area contributed by atoms with Crippen LogP contribution in [0.2, 0.25) is 0 Å². The topological polar surface area (TPSA) is 58.2 Å². The number of carbonyl (C=O) groups excluding carboxylic acids is 2. The van der Waals surface area contributed by atoms with E-state index in [9.17, 15) is 9.59 Å². The molecule has 148 valence electrons. The summed E-state index contributed by atoms with van der Waals surface area (Å²) in [4.78, 5) is 25.7. The van der Waals surface area contributed by atoms with Crippen molar-refractivity contribution < 1.29 is 9.59 Å². The van der Waals surface area contributed by atoms with E-state index in [1.54, 1.807) is 24.3 Å². The number of nitrogens with one attached hydrogen (secondary N) is 2. The van der Waals surface area contributed by atoms with E-state index in [-0.39, 0.29) is 17.4 Å². The van der Waals surface area contributed by atoms with Crippen molar-refractivity contribution in [3.63, 3.8) is 0 Å². The molecule has 0 atom stereocenters. The standard InChI is InChI=1S/C25H26N2O2/c1-25(2,3)27-23(28)20-15-10-16-21(17-20)26-24(29)22(18-11-6-4-7-12-18)19-13-8-5-9-14-19/h4-17,22H,1-3H3,(H,26,29)(H,27,28). The molecular weight excluding hydrogens is 360 g/mol. The zero-order valence-electron chi connectivity index (χ0n) is 17.0. The summed E-state index contributed by atoms with van der Waals surface area (Å²) in [5, 5.41) is 5.92. The van der Waals surface area contributed by atoms with Gasteiger partial charge in [0, 0.05) is 16.8 Å². The minimum absolute atomic E-state index is 0.143. The van der Waals surface area contributed by atoms with Gasteiger partial charge in [0.1, 0.15) is 0 Å². The van der Waals surface area contributed by atoms with Crippen molar-refractivity contribution in [1.29, 1.82) is 0 Å². The van der Waals surface area contributed by atoms with Gasteiger partial charge >= 0.3 is 0 Å². The van der Waals surface area contributed by atoms with Crippen LogP contribution in [0.15, 0.2) is 84.9 Å². The van der Waals surface area contributed by atoms with Crippen molar-refractivity contribution in [2.24, 2.45) is 0 Å². The minimum atomic E-state index is -0.440. The second-order valence-electron chi connectivity index (χ2n) is 8.03. The SMILES string of the molecule is CC(C)(C)NC(=O)c1cccc(NC(=O)C(c2ccccc2)c2ccccc2)c1. The van der Waals surface area contributed by atoms with Gasteiger partial charge in [-0.2, -0.15) is 0 Å². The third-order valence-corrected chi connectivity index (χ3v) is 4.41. The average Bonchev–Trinajstić information content (AvgIpc) is 2.69. The van der Waals surface area contributed by atoms with Gasteiger partial charge in [-0.3, -0.25) is 9.59 Å². The number of hydrogen-bond donors (Lipinski definition) is 2. The van der Waals surface area contributed by atoms with Gasteiger partial charge in [0.2, 0.25) is 5.91 Å². The Hall–Kier alpha value is -3.40. The van der Waals surface area contributed by atoms with E-state index >= 15 is 0 Å². The van der Waals surface area contributed by atoms with E-state index in [1.165, 1.54) is 0 Å². The maximum absolute atomic E-state index is 13.2. The second-order valence-corrected chi connectivity index (χ2v) is 8.03. The third kappa shape index (κ3) is 5.55. The van der Waals surface area contributed by atoms with E-state index in [2.05, 4.69) is 10.6 Å². The normalized spacial score (nSPS) is 11.2. The van der Waals surface area contributed by atoms with Crippen LogP contribution in [0.1, 0.15) is 48.2 Å². The number of anilines is 1. The zero-order chi connectivity index (χ0) is 20.9. The first-order chi connectivity index (χ1) is 13.8. The van der Waals surface area contributed by atoms with E-state index in [0.29, 0.717) is 11.3 Å². The van der Waals surface area contributed by atoms with Crippen molar-refractivity contribution in [2.45, 2.75) is 32.2 Å². The maximum Gasteiger partial charge on any atom is 0.251 e. The summed E-state index contributed by atoms with van der Waals surface area (Å²) in [6.45, 7) is 5.79. The molecule has 0 saturated carbocycles. The van der Waals surface area contributed by atoms with Crippen LogP contribution in [0.4, 0.5) is 5.69 Å². The highest BCUT2D eigenvalue weighted by Gasteiger charge is 2.23. The van der Waals surface area contributed by atoms with Crippen LogP contribution in [-0.2, 0) is 4.79 Å². The fourth-order valence-electron chi connectivity index (χ4n) is 3.15. The predicted molar refractivity (Wildman–Crippen MR) is 117 cm³/mol. The number of rotatable bonds is 5. The van der Waals surface area contributed by atoms with Gasteiger partial charge in [-0.05, 0) is 50.1 Å². The Morgan fingerprint density at radius 2 is 1.31 bits per heavy atom. The van der Waals surface area contributed by atoms with Crippen LogP contribution in [-0.4, -0.2) is 17.4 Å². The molecule has 0 spiro atoms. The van der Waals surface area contributed by atoms with Crippen LogP contribution in [0.25, 0.3) is 0 Å². The number of benzene rings is 3. The lowest BCUT2D eigenvalue weighted by Crippen LogP contribution is -2.40. The largest absolute Gasteiger partial charge is 0.347 e. The lowest BCUT2D eigenvalue weighted by Gasteiger charge is -2.21. The monoisotopic (exact) mass is 386 g/mol. The Morgan fingerprint density at radius 3 is 1.83 bits per heavy atom. The molecule has 3 rings (SSSR count). The Bertz CT molecular complexity index is 937. The van der Waals surface area contributed by atoms with Crippen LogP contribution in [0, 0.1) is 0 Å². The first kappa shape index (κ1) is 20.3. The second kappa shape index (κ2) is 8.74. The molecule has 0 aromatic heterocycles. The molecule has 0 heterocycles. The fourth-order valence-corrected chi connectivity index (χ4v) is 3.15. The van der Waals surface area contributed by atoms with Crippen LogP contribution < -0.4 is 10.6 Å². The zero-order valence-corrected chi connectivity index (χ0v) is 17.0. The minimum Gasteiger partial charge on any atom is -0.347 e. The summed E-state index contributed by atoms with van der Waals surface area (Å²) in [7, 11) is 0. The molecule has 0 saturated heterocycles. The van der Waals surface area contributed by atoms with Gasteiger partial charge in [0.15, 0.2) is 0 Å². The molecule has 0 aliphatic heterocycles. The van der Waals surface area contributed by atoms with Gasteiger partial charge in [-0.1, -0.05) is 66.7 Å². The Kier molecular flexibility index (Phi) is 6.13. The molecule has 0 bridgehead atoms. The first-order valence-electron chi connectivity index (χ1n) is 9.67. The number of carbonyl (C=O) groups is 2. The highest BCUT2D eigenvalue weighted by Crippen LogP contribution is 2.26. The molecule has 2 amide bonds. The fraction of sp³-hybridized carbons (Fsp3) is 0.200. The Labute approximate surface area is 172 Å². The smallest absolute Gasteiger partial charge is 0.251 e. The van der Waals surface area contributed by atoms with Crippen LogP contribution >= 0.6 is 0 Å². The van der Waals surface area contributed by atoms with E-state index in [1.807, 2.05) is 81.4 Å². The van der Waals surface area contributed by atoms with Gasteiger partial charge in [-0.25, -0.2) is 0 Å². The van der Waals surface area contributed by atoms with Crippen molar-refractivity contribution >= 4 is 17.5 Å². The van der Waals surface area contributed by atoms with E-state index in [4.69, 9.17) is 0 Å². The van der Waals surface area contributed by atoms with E-state index < -0.39 is 5.92 Å².